The van der Waals surface area contributed by atoms with E-state index >= 15 is 0 Å². The number of aliphatic hydroxyl groups is 2. The molecular formula is C26H24F3N3O4. The van der Waals surface area contributed by atoms with Crippen LogP contribution in [0.2, 0.25) is 0 Å². The van der Waals surface area contributed by atoms with Crippen molar-refractivity contribution in [2.45, 2.75) is 32.0 Å². The van der Waals surface area contributed by atoms with Crippen LogP contribution in [0.15, 0.2) is 57.6 Å². The first-order valence-corrected chi connectivity index (χ1v) is 11.6. The molecular weight excluding hydrogens is 475 g/mol. The smallest absolute Gasteiger partial charge is 0.394 e. The summed E-state index contributed by atoms with van der Waals surface area (Å²) in [6.45, 7) is 2.53. The monoisotopic (exact) mass is 499 g/mol. The third kappa shape index (κ3) is 4.27. The molecule has 188 valence electrons. The summed E-state index contributed by atoms with van der Waals surface area (Å²) in [4.78, 5) is 1.95. The van der Waals surface area contributed by atoms with Gasteiger partial charge in [0.15, 0.2) is 17.2 Å². The highest BCUT2D eigenvalue weighted by molar-refractivity contribution is 5.80. The lowest BCUT2D eigenvalue weighted by Gasteiger charge is -2.27. The van der Waals surface area contributed by atoms with E-state index in [1.807, 2.05) is 30.0 Å². The fourth-order valence-electron chi connectivity index (χ4n) is 4.64. The summed E-state index contributed by atoms with van der Waals surface area (Å²) in [6.07, 6.45) is -4.60. The standard InChI is InChI=1S/C26H24F3N3O4/c1-2-32(13-18(34)14-33)17-9-11-19-16(12-17)8-10-20-22(19)30-36-25(20)23-21(26(27,28)29)24(35-31-23)15-6-4-3-5-7-15/h3-7,9,11-12,18,33-34H,2,8,10,13-14H2,1H3/t18-/m0/s1. The normalized spacial score (nSPS) is 13.8. The average molecular weight is 499 g/mol. The van der Waals surface area contributed by atoms with Crippen molar-refractivity contribution < 1.29 is 32.4 Å². The summed E-state index contributed by atoms with van der Waals surface area (Å²) >= 11 is 0. The van der Waals surface area contributed by atoms with Gasteiger partial charge < -0.3 is 24.2 Å². The fourth-order valence-corrected chi connectivity index (χ4v) is 4.64. The van der Waals surface area contributed by atoms with Crippen LogP contribution in [0.1, 0.15) is 23.6 Å². The molecule has 0 radical (unpaired) electrons. The Morgan fingerprint density at radius 3 is 2.42 bits per heavy atom. The highest BCUT2D eigenvalue weighted by atomic mass is 19.4. The van der Waals surface area contributed by atoms with Gasteiger partial charge in [0, 0.05) is 35.5 Å². The first kappa shape index (κ1) is 24.1. The van der Waals surface area contributed by atoms with Gasteiger partial charge in [0.25, 0.3) is 0 Å². The molecule has 1 aliphatic carbocycles. The molecule has 4 aromatic rings. The number of halogens is 3. The zero-order chi connectivity index (χ0) is 25.4. The molecule has 0 fully saturated rings. The molecule has 0 aliphatic heterocycles. The van der Waals surface area contributed by atoms with Gasteiger partial charge in [-0.2, -0.15) is 13.2 Å². The largest absolute Gasteiger partial charge is 0.422 e. The van der Waals surface area contributed by atoms with Crippen molar-refractivity contribution in [2.75, 3.05) is 24.6 Å². The molecule has 0 saturated carbocycles. The van der Waals surface area contributed by atoms with E-state index < -0.39 is 23.5 Å². The van der Waals surface area contributed by atoms with Crippen molar-refractivity contribution in [1.82, 2.24) is 10.3 Å². The number of rotatable bonds is 7. The summed E-state index contributed by atoms with van der Waals surface area (Å²) in [5.41, 5.74) is 2.51. The van der Waals surface area contributed by atoms with Gasteiger partial charge in [-0.05, 0) is 37.5 Å². The second kappa shape index (κ2) is 9.44. The van der Waals surface area contributed by atoms with E-state index in [1.54, 1.807) is 18.2 Å². The van der Waals surface area contributed by atoms with Gasteiger partial charge in [-0.3, -0.25) is 0 Å². The summed E-state index contributed by atoms with van der Waals surface area (Å²) in [5.74, 6) is -0.409. The zero-order valence-corrected chi connectivity index (χ0v) is 19.4. The van der Waals surface area contributed by atoms with E-state index in [9.17, 15) is 23.4 Å². The minimum Gasteiger partial charge on any atom is -0.394 e. The van der Waals surface area contributed by atoms with Crippen molar-refractivity contribution in [1.29, 1.82) is 0 Å². The maximum Gasteiger partial charge on any atom is 0.422 e. The van der Waals surface area contributed by atoms with Gasteiger partial charge in [-0.15, -0.1) is 0 Å². The van der Waals surface area contributed by atoms with Crippen molar-refractivity contribution in [3.63, 3.8) is 0 Å². The van der Waals surface area contributed by atoms with Crippen LogP contribution in [0.4, 0.5) is 18.9 Å². The molecule has 0 unspecified atom stereocenters. The Balaban J connectivity index is 1.54. The Bertz CT molecular complexity index is 1360. The fraction of sp³-hybridized carbons (Fsp3) is 0.308. The van der Waals surface area contributed by atoms with E-state index in [-0.39, 0.29) is 30.2 Å². The van der Waals surface area contributed by atoms with Gasteiger partial charge in [-0.25, -0.2) is 0 Å². The average Bonchev–Trinajstić information content (AvgIpc) is 3.52. The molecule has 0 bridgehead atoms. The van der Waals surface area contributed by atoms with E-state index in [0.717, 1.165) is 16.8 Å². The van der Waals surface area contributed by atoms with Crippen LogP contribution in [0.25, 0.3) is 34.0 Å². The number of fused-ring (bicyclic) bond motifs is 3. The number of aryl methyl sites for hydroxylation is 1. The second-order valence-electron chi connectivity index (χ2n) is 8.65. The highest BCUT2D eigenvalue weighted by Crippen LogP contribution is 2.46. The molecule has 2 N–H and O–H groups in total. The molecule has 2 aromatic carbocycles. The lowest BCUT2D eigenvalue weighted by atomic mass is 9.87. The number of aliphatic hydroxyl groups excluding tert-OH is 2. The first-order valence-electron chi connectivity index (χ1n) is 11.6. The van der Waals surface area contributed by atoms with Crippen molar-refractivity contribution in [3.05, 3.63) is 65.2 Å². The Labute approximate surface area is 204 Å². The van der Waals surface area contributed by atoms with Gasteiger partial charge in [0.05, 0.1) is 12.7 Å². The Morgan fingerprint density at radius 2 is 1.72 bits per heavy atom. The summed E-state index contributed by atoms with van der Waals surface area (Å²) in [5, 5.41) is 26.9. The summed E-state index contributed by atoms with van der Waals surface area (Å²) < 4.78 is 53.1. The predicted molar refractivity (Wildman–Crippen MR) is 126 cm³/mol. The van der Waals surface area contributed by atoms with Gasteiger partial charge in [0.2, 0.25) is 0 Å². The van der Waals surface area contributed by atoms with E-state index in [0.29, 0.717) is 30.6 Å². The van der Waals surface area contributed by atoms with E-state index in [2.05, 4.69) is 10.3 Å². The minimum absolute atomic E-state index is 0.0424. The summed E-state index contributed by atoms with van der Waals surface area (Å²) in [6, 6.07) is 13.7. The SMILES string of the molecule is CCN(C[C@H](O)CO)c1ccc2c(c1)CCc1c-2noc1-c1noc(-c2ccccc2)c1C(F)(F)F. The van der Waals surface area contributed by atoms with Crippen LogP contribution in [-0.2, 0) is 19.0 Å². The number of likely N-dealkylation sites (N-methyl/N-ethyl adjacent to an activating group) is 1. The predicted octanol–water partition coefficient (Wildman–Crippen LogP) is 4.96. The number of hydrogen-bond acceptors (Lipinski definition) is 7. The van der Waals surface area contributed by atoms with Crippen molar-refractivity contribution in [2.24, 2.45) is 0 Å². The molecule has 7 nitrogen and oxygen atoms in total. The number of aromatic nitrogens is 2. The molecule has 0 amide bonds. The van der Waals surface area contributed by atoms with Crippen LogP contribution >= 0.6 is 0 Å². The Hall–Kier alpha value is -3.63. The Morgan fingerprint density at radius 1 is 1.00 bits per heavy atom. The topological polar surface area (TPSA) is 95.8 Å². The second-order valence-corrected chi connectivity index (χ2v) is 8.65. The molecule has 0 saturated heterocycles. The first-order chi connectivity index (χ1) is 17.3. The van der Waals surface area contributed by atoms with Crippen LogP contribution in [0.5, 0.6) is 0 Å². The molecule has 5 rings (SSSR count). The maximum absolute atomic E-state index is 14.2. The summed E-state index contributed by atoms with van der Waals surface area (Å²) in [7, 11) is 0. The van der Waals surface area contributed by atoms with Crippen molar-refractivity contribution in [3.8, 4) is 34.0 Å². The zero-order valence-electron chi connectivity index (χ0n) is 19.4. The van der Waals surface area contributed by atoms with Crippen molar-refractivity contribution >= 4 is 5.69 Å². The molecule has 1 atom stereocenters. The maximum atomic E-state index is 14.2. The lowest BCUT2D eigenvalue weighted by Crippen LogP contribution is -2.34. The number of nitrogens with zero attached hydrogens (tertiary/aromatic N) is 3. The van der Waals surface area contributed by atoms with E-state index in [4.69, 9.17) is 9.05 Å². The molecule has 1 aliphatic rings. The van der Waals surface area contributed by atoms with Gasteiger partial charge in [0.1, 0.15) is 11.3 Å². The van der Waals surface area contributed by atoms with Crippen LogP contribution in [0.3, 0.4) is 0 Å². The molecule has 2 aromatic heterocycles. The Kier molecular flexibility index (Phi) is 6.31. The van der Waals surface area contributed by atoms with Gasteiger partial charge >= 0.3 is 6.18 Å². The quantitative estimate of drug-likeness (QED) is 0.371. The lowest BCUT2D eigenvalue weighted by molar-refractivity contribution is -0.136. The van der Waals surface area contributed by atoms with Crippen LogP contribution < -0.4 is 4.90 Å². The number of hydrogen-bond donors (Lipinski definition) is 2. The van der Waals surface area contributed by atoms with Crippen LogP contribution in [0, 0.1) is 0 Å². The number of benzene rings is 2. The van der Waals surface area contributed by atoms with E-state index in [1.165, 1.54) is 12.1 Å². The minimum atomic E-state index is -4.72. The third-order valence-corrected chi connectivity index (χ3v) is 6.39. The van der Waals surface area contributed by atoms with Gasteiger partial charge in [-0.1, -0.05) is 46.7 Å². The molecule has 0 spiro atoms. The molecule has 2 heterocycles. The highest BCUT2D eigenvalue weighted by Gasteiger charge is 2.43. The third-order valence-electron chi connectivity index (χ3n) is 6.39. The molecule has 10 heteroatoms. The number of anilines is 1. The van der Waals surface area contributed by atoms with Crippen LogP contribution in [-0.4, -0.2) is 46.3 Å². The molecule has 36 heavy (non-hydrogen) atoms. The number of alkyl halides is 3.